The molecule has 2 aromatic rings. The molecule has 2 N–H and O–H groups in total. The van der Waals surface area contributed by atoms with Gasteiger partial charge < -0.3 is 15.2 Å². The first-order valence-corrected chi connectivity index (χ1v) is 10.3. The summed E-state index contributed by atoms with van der Waals surface area (Å²) in [6.45, 7) is 1.35. The average molecular weight is 367 g/mol. The summed E-state index contributed by atoms with van der Waals surface area (Å²) < 4.78 is 0. The number of hydrogen-bond donors (Lipinski definition) is 2. The van der Waals surface area contributed by atoms with Gasteiger partial charge in [0, 0.05) is 42.7 Å². The van der Waals surface area contributed by atoms with Crippen LogP contribution in [0.4, 0.5) is 0 Å². The smallest absolute Gasteiger partial charge is 0.225 e. The Morgan fingerprint density at radius 1 is 1.11 bits per heavy atom. The van der Waals surface area contributed by atoms with E-state index >= 15 is 0 Å². The van der Waals surface area contributed by atoms with Crippen molar-refractivity contribution in [3.63, 3.8) is 0 Å². The van der Waals surface area contributed by atoms with Crippen LogP contribution in [0.15, 0.2) is 30.5 Å². The Kier molecular flexibility index (Phi) is 5.46. The fourth-order valence-electron chi connectivity index (χ4n) is 4.55. The molecule has 1 aromatic heterocycles. The third kappa shape index (κ3) is 4.18. The van der Waals surface area contributed by atoms with E-state index in [9.17, 15) is 9.59 Å². The van der Waals surface area contributed by atoms with Gasteiger partial charge in [0.2, 0.25) is 11.8 Å². The van der Waals surface area contributed by atoms with Crippen LogP contribution in [0.25, 0.3) is 10.9 Å². The van der Waals surface area contributed by atoms with E-state index in [1.54, 1.807) is 0 Å². The highest BCUT2D eigenvalue weighted by atomic mass is 16.2. The third-order valence-electron chi connectivity index (χ3n) is 6.13. The first kappa shape index (κ1) is 18.1. The minimum Gasteiger partial charge on any atom is -0.361 e. The number of hydrogen-bond acceptors (Lipinski definition) is 2. The molecule has 0 bridgehead atoms. The second kappa shape index (κ2) is 8.15. The fraction of sp³-hybridized carbons (Fsp3) is 0.545. The van der Waals surface area contributed by atoms with Crippen molar-refractivity contribution in [3.05, 3.63) is 36.0 Å². The van der Waals surface area contributed by atoms with Gasteiger partial charge in [-0.3, -0.25) is 9.59 Å². The maximum absolute atomic E-state index is 12.7. The first-order chi connectivity index (χ1) is 13.2. The van der Waals surface area contributed by atoms with Crippen LogP contribution in [-0.2, 0) is 16.0 Å². The van der Waals surface area contributed by atoms with Gasteiger partial charge in [-0.2, -0.15) is 0 Å². The maximum Gasteiger partial charge on any atom is 0.225 e. The van der Waals surface area contributed by atoms with Crippen molar-refractivity contribution < 1.29 is 9.59 Å². The second-order valence-electron chi connectivity index (χ2n) is 8.03. The van der Waals surface area contributed by atoms with Gasteiger partial charge in [-0.15, -0.1) is 0 Å². The highest BCUT2D eigenvalue weighted by Crippen LogP contribution is 2.23. The van der Waals surface area contributed by atoms with Crippen LogP contribution in [0.2, 0.25) is 0 Å². The average Bonchev–Trinajstić information content (AvgIpc) is 3.36. The summed E-state index contributed by atoms with van der Waals surface area (Å²) in [6, 6.07) is 8.54. The molecule has 5 nitrogen and oxygen atoms in total. The zero-order valence-corrected chi connectivity index (χ0v) is 15.9. The van der Waals surface area contributed by atoms with Crippen LogP contribution >= 0.6 is 0 Å². The van der Waals surface area contributed by atoms with E-state index in [2.05, 4.69) is 22.4 Å². The van der Waals surface area contributed by atoms with Crippen LogP contribution in [0.5, 0.6) is 0 Å². The van der Waals surface area contributed by atoms with Crippen molar-refractivity contribution in [1.29, 1.82) is 0 Å². The number of aryl methyl sites for hydroxylation is 1. The van der Waals surface area contributed by atoms with E-state index in [1.165, 1.54) is 23.8 Å². The molecule has 144 valence electrons. The minimum atomic E-state index is -0.0450. The Hall–Kier alpha value is -2.30. The van der Waals surface area contributed by atoms with Gasteiger partial charge in [0.1, 0.15) is 0 Å². The van der Waals surface area contributed by atoms with Crippen LogP contribution < -0.4 is 5.32 Å². The summed E-state index contributed by atoms with van der Waals surface area (Å²) in [7, 11) is 0. The summed E-state index contributed by atoms with van der Waals surface area (Å²) in [5, 5.41) is 4.39. The maximum atomic E-state index is 12.7. The molecule has 5 heteroatoms. The molecule has 1 saturated carbocycles. The molecule has 2 fully saturated rings. The molecular formula is C22H29N3O2. The molecule has 1 atom stereocenters. The quantitative estimate of drug-likeness (QED) is 0.851. The lowest BCUT2D eigenvalue weighted by atomic mass is 9.96. The normalized spacial score (nSPS) is 20.9. The summed E-state index contributed by atoms with van der Waals surface area (Å²) in [5.41, 5.74) is 2.30. The fourth-order valence-corrected chi connectivity index (χ4v) is 4.55. The Bertz CT molecular complexity index is 807. The van der Waals surface area contributed by atoms with E-state index in [-0.39, 0.29) is 17.7 Å². The van der Waals surface area contributed by atoms with E-state index in [0.717, 1.165) is 44.2 Å². The molecule has 1 unspecified atom stereocenters. The number of H-pyrrole nitrogens is 1. The molecule has 4 rings (SSSR count). The molecule has 0 spiro atoms. The molecule has 2 amide bonds. The number of nitrogens with one attached hydrogen (secondary N) is 2. The van der Waals surface area contributed by atoms with E-state index in [0.29, 0.717) is 19.0 Å². The molecule has 1 aromatic carbocycles. The number of aromatic amines is 1. The second-order valence-corrected chi connectivity index (χ2v) is 8.03. The van der Waals surface area contributed by atoms with Crippen molar-refractivity contribution in [3.8, 4) is 0 Å². The van der Waals surface area contributed by atoms with Gasteiger partial charge in [0.25, 0.3) is 0 Å². The van der Waals surface area contributed by atoms with Gasteiger partial charge in [-0.25, -0.2) is 0 Å². The van der Waals surface area contributed by atoms with E-state index in [1.807, 2.05) is 23.2 Å². The van der Waals surface area contributed by atoms with E-state index in [4.69, 9.17) is 0 Å². The number of amides is 2. The van der Waals surface area contributed by atoms with Crippen LogP contribution in [0, 0.1) is 5.92 Å². The number of carbonyl (C=O) groups is 2. The highest BCUT2D eigenvalue weighted by molar-refractivity contribution is 5.84. The topological polar surface area (TPSA) is 65.2 Å². The number of para-hydroxylation sites is 1. The molecule has 1 aliphatic carbocycles. The summed E-state index contributed by atoms with van der Waals surface area (Å²) in [6.07, 6.45) is 9.69. The van der Waals surface area contributed by atoms with Crippen LogP contribution in [-0.4, -0.2) is 40.8 Å². The predicted molar refractivity (Wildman–Crippen MR) is 106 cm³/mol. The lowest BCUT2D eigenvalue weighted by molar-refractivity contribution is -0.135. The summed E-state index contributed by atoms with van der Waals surface area (Å²) in [4.78, 5) is 30.5. The molecular weight excluding hydrogens is 338 g/mol. The predicted octanol–water partition coefficient (Wildman–Crippen LogP) is 3.40. The zero-order valence-electron chi connectivity index (χ0n) is 15.9. The molecule has 1 aliphatic heterocycles. The van der Waals surface area contributed by atoms with Crippen LogP contribution in [0.1, 0.15) is 50.5 Å². The first-order valence-electron chi connectivity index (χ1n) is 10.3. The van der Waals surface area contributed by atoms with Crippen molar-refractivity contribution in [2.24, 2.45) is 5.92 Å². The molecule has 2 aliphatic rings. The minimum absolute atomic E-state index is 0.0450. The number of benzene rings is 1. The summed E-state index contributed by atoms with van der Waals surface area (Å²) in [5.74, 6) is 0.270. The Balaban J connectivity index is 1.31. The van der Waals surface area contributed by atoms with Gasteiger partial charge in [0.05, 0.1) is 5.92 Å². The highest BCUT2D eigenvalue weighted by Gasteiger charge is 2.29. The number of nitrogens with zero attached hydrogens (tertiary/aromatic N) is 1. The lowest BCUT2D eigenvalue weighted by Gasteiger charge is -2.32. The lowest BCUT2D eigenvalue weighted by Crippen LogP contribution is -2.47. The monoisotopic (exact) mass is 367 g/mol. The largest absolute Gasteiger partial charge is 0.361 e. The Labute approximate surface area is 160 Å². The van der Waals surface area contributed by atoms with Crippen molar-refractivity contribution >= 4 is 22.7 Å². The van der Waals surface area contributed by atoms with E-state index < -0.39 is 0 Å². The number of carbonyl (C=O) groups excluding carboxylic acids is 2. The zero-order chi connectivity index (χ0) is 18.6. The van der Waals surface area contributed by atoms with Crippen molar-refractivity contribution in [2.75, 3.05) is 13.1 Å². The van der Waals surface area contributed by atoms with Gasteiger partial charge in [0.15, 0.2) is 0 Å². The standard InChI is InChI=1S/C22H29N3O2/c26-21(12-11-16-14-23-20-10-4-3-9-19(16)20)25-13-5-6-17(15-25)22(27)24-18-7-1-2-8-18/h3-4,9-10,14,17-18,23H,1-2,5-8,11-13,15H2,(H,24,27). The number of aromatic nitrogens is 1. The molecule has 2 heterocycles. The number of fused-ring (bicyclic) bond motifs is 1. The SMILES string of the molecule is O=C(NC1CCCC1)C1CCCN(C(=O)CCc2c[nH]c3ccccc23)C1. The van der Waals surface area contributed by atoms with Crippen molar-refractivity contribution in [2.45, 2.75) is 57.4 Å². The molecule has 27 heavy (non-hydrogen) atoms. The van der Waals surface area contributed by atoms with Crippen molar-refractivity contribution in [1.82, 2.24) is 15.2 Å². The van der Waals surface area contributed by atoms with Gasteiger partial charge in [-0.05, 0) is 43.7 Å². The van der Waals surface area contributed by atoms with Crippen LogP contribution in [0.3, 0.4) is 0 Å². The Morgan fingerprint density at radius 2 is 1.93 bits per heavy atom. The number of likely N-dealkylation sites (tertiary alicyclic amines) is 1. The Morgan fingerprint density at radius 3 is 2.78 bits per heavy atom. The number of piperidine rings is 1. The summed E-state index contributed by atoms with van der Waals surface area (Å²) >= 11 is 0. The van der Waals surface area contributed by atoms with Gasteiger partial charge >= 0.3 is 0 Å². The van der Waals surface area contributed by atoms with Gasteiger partial charge in [-0.1, -0.05) is 31.0 Å². The number of rotatable bonds is 5. The molecule has 0 radical (unpaired) electrons. The molecule has 1 saturated heterocycles. The third-order valence-corrected chi connectivity index (χ3v) is 6.13.